The summed E-state index contributed by atoms with van der Waals surface area (Å²) in [6, 6.07) is 0. The van der Waals surface area contributed by atoms with Gasteiger partial charge in [-0.25, -0.2) is 4.39 Å². The maximum absolute atomic E-state index is 12.7. The van der Waals surface area contributed by atoms with E-state index in [9.17, 15) is 4.39 Å². The molecule has 0 bridgehead atoms. The highest BCUT2D eigenvalue weighted by atomic mass is 35.5. The Hall–Kier alpha value is -0.0800. The van der Waals surface area contributed by atoms with Crippen molar-refractivity contribution in [2.75, 3.05) is 0 Å². The van der Waals surface area contributed by atoms with Crippen LogP contribution in [0.25, 0.3) is 0 Å². The summed E-state index contributed by atoms with van der Waals surface area (Å²) in [5, 5.41) is 1.73. The zero-order valence-electron chi connectivity index (χ0n) is 6.74. The van der Waals surface area contributed by atoms with Crippen LogP contribution in [0.15, 0.2) is 5.38 Å². The second-order valence-electron chi connectivity index (χ2n) is 3.48. The van der Waals surface area contributed by atoms with Crippen LogP contribution in [0.5, 0.6) is 0 Å². The Morgan fingerprint density at radius 3 is 2.18 bits per heavy atom. The lowest BCUT2D eigenvalue weighted by Crippen LogP contribution is -2.08. The van der Waals surface area contributed by atoms with E-state index in [1.54, 1.807) is 0 Å². The molecule has 0 aromatic carbocycles. The molecule has 11 heavy (non-hydrogen) atoms. The molecule has 0 radical (unpaired) electrons. The number of thiophene rings is 1. The molecule has 1 rings (SSSR count). The van der Waals surface area contributed by atoms with E-state index in [-0.39, 0.29) is 16.3 Å². The van der Waals surface area contributed by atoms with Crippen molar-refractivity contribution in [3.63, 3.8) is 0 Å². The van der Waals surface area contributed by atoms with Crippen LogP contribution in [0.2, 0.25) is 5.02 Å². The van der Waals surface area contributed by atoms with Crippen molar-refractivity contribution in [2.45, 2.75) is 26.2 Å². The van der Waals surface area contributed by atoms with Gasteiger partial charge in [-0.1, -0.05) is 32.4 Å². The summed E-state index contributed by atoms with van der Waals surface area (Å²) in [6.07, 6.45) is 0. The third kappa shape index (κ3) is 1.74. The van der Waals surface area contributed by atoms with Crippen molar-refractivity contribution in [3.8, 4) is 0 Å². The van der Waals surface area contributed by atoms with Gasteiger partial charge in [0, 0.05) is 10.3 Å². The normalized spacial score (nSPS) is 12.1. The van der Waals surface area contributed by atoms with E-state index in [0.717, 1.165) is 4.88 Å². The van der Waals surface area contributed by atoms with E-state index in [1.807, 2.05) is 20.8 Å². The van der Waals surface area contributed by atoms with Gasteiger partial charge in [0.2, 0.25) is 0 Å². The third-order valence-corrected chi connectivity index (χ3v) is 3.23. The van der Waals surface area contributed by atoms with Crippen molar-refractivity contribution in [1.82, 2.24) is 0 Å². The summed E-state index contributed by atoms with van der Waals surface area (Å²) >= 11 is 7.10. The molecular weight excluding hydrogens is 183 g/mol. The second kappa shape index (κ2) is 2.76. The van der Waals surface area contributed by atoms with E-state index in [0.29, 0.717) is 0 Å². The fourth-order valence-electron chi connectivity index (χ4n) is 0.829. The van der Waals surface area contributed by atoms with Gasteiger partial charge in [0.25, 0.3) is 0 Å². The maximum Gasteiger partial charge on any atom is 0.152 e. The highest BCUT2D eigenvalue weighted by molar-refractivity contribution is 7.10. The Bertz CT molecular complexity index is 260. The Morgan fingerprint density at radius 2 is 2.00 bits per heavy atom. The quantitative estimate of drug-likeness (QED) is 0.586. The molecule has 3 heteroatoms. The molecule has 0 atom stereocenters. The van der Waals surface area contributed by atoms with Gasteiger partial charge in [0.05, 0.1) is 5.02 Å². The van der Waals surface area contributed by atoms with Crippen LogP contribution in [-0.4, -0.2) is 0 Å². The Morgan fingerprint density at radius 1 is 1.45 bits per heavy atom. The summed E-state index contributed by atoms with van der Waals surface area (Å²) < 4.78 is 12.7. The van der Waals surface area contributed by atoms with Crippen LogP contribution in [0.4, 0.5) is 4.39 Å². The number of halogens is 2. The zero-order valence-corrected chi connectivity index (χ0v) is 8.31. The third-order valence-electron chi connectivity index (χ3n) is 1.37. The van der Waals surface area contributed by atoms with E-state index in [1.165, 1.54) is 16.7 Å². The van der Waals surface area contributed by atoms with Gasteiger partial charge in [-0.15, -0.1) is 11.3 Å². The monoisotopic (exact) mass is 192 g/mol. The Labute approximate surface area is 75.0 Å². The molecule has 0 amide bonds. The minimum absolute atomic E-state index is 0.0495. The highest BCUT2D eigenvalue weighted by Crippen LogP contribution is 2.35. The van der Waals surface area contributed by atoms with Crippen molar-refractivity contribution >= 4 is 22.9 Å². The fraction of sp³-hybridized carbons (Fsp3) is 0.500. The van der Waals surface area contributed by atoms with Gasteiger partial charge >= 0.3 is 0 Å². The molecule has 0 aliphatic heterocycles. The lowest BCUT2D eigenvalue weighted by Gasteiger charge is -2.16. The first kappa shape index (κ1) is 9.01. The minimum Gasteiger partial charge on any atom is -0.204 e. The summed E-state index contributed by atoms with van der Waals surface area (Å²) in [7, 11) is 0. The molecule has 0 fully saturated rings. The molecule has 1 heterocycles. The van der Waals surface area contributed by atoms with Crippen LogP contribution in [-0.2, 0) is 5.41 Å². The van der Waals surface area contributed by atoms with Crippen LogP contribution in [0, 0.1) is 5.82 Å². The van der Waals surface area contributed by atoms with E-state index < -0.39 is 0 Å². The van der Waals surface area contributed by atoms with Crippen LogP contribution < -0.4 is 0 Å². The average Bonchev–Trinajstić information content (AvgIpc) is 2.11. The van der Waals surface area contributed by atoms with Gasteiger partial charge in [-0.2, -0.15) is 0 Å². The lowest BCUT2D eigenvalue weighted by molar-refractivity contribution is 0.591. The van der Waals surface area contributed by atoms with Crippen LogP contribution >= 0.6 is 22.9 Å². The summed E-state index contributed by atoms with van der Waals surface area (Å²) in [6.45, 7) is 6.05. The predicted molar refractivity (Wildman–Crippen MR) is 48.0 cm³/mol. The molecule has 0 aliphatic rings. The smallest absolute Gasteiger partial charge is 0.152 e. The largest absolute Gasteiger partial charge is 0.204 e. The van der Waals surface area contributed by atoms with Crippen molar-refractivity contribution in [3.05, 3.63) is 21.1 Å². The highest BCUT2D eigenvalue weighted by Gasteiger charge is 2.21. The summed E-state index contributed by atoms with van der Waals surface area (Å²) in [5.41, 5.74) is -0.0495. The lowest BCUT2D eigenvalue weighted by atomic mass is 9.95. The number of hydrogen-bond acceptors (Lipinski definition) is 1. The zero-order chi connectivity index (χ0) is 8.65. The molecule has 0 aliphatic carbocycles. The molecule has 1 aromatic rings. The SMILES string of the molecule is CC(C)(C)c1scc(F)c1Cl. The maximum atomic E-state index is 12.7. The summed E-state index contributed by atoms with van der Waals surface area (Å²) in [4.78, 5) is 0.914. The average molecular weight is 193 g/mol. The molecule has 0 spiro atoms. The van der Waals surface area contributed by atoms with Crippen molar-refractivity contribution in [1.29, 1.82) is 0 Å². The van der Waals surface area contributed by atoms with Gasteiger partial charge < -0.3 is 0 Å². The molecule has 62 valence electrons. The van der Waals surface area contributed by atoms with E-state index in [2.05, 4.69) is 0 Å². The first-order valence-electron chi connectivity index (χ1n) is 3.36. The minimum atomic E-state index is -0.304. The first-order valence-corrected chi connectivity index (χ1v) is 4.61. The topological polar surface area (TPSA) is 0 Å². The van der Waals surface area contributed by atoms with Crippen molar-refractivity contribution in [2.24, 2.45) is 0 Å². The number of hydrogen-bond donors (Lipinski definition) is 0. The van der Waals surface area contributed by atoms with Crippen molar-refractivity contribution < 1.29 is 4.39 Å². The Kier molecular flexibility index (Phi) is 2.26. The second-order valence-corrected chi connectivity index (χ2v) is 4.73. The van der Waals surface area contributed by atoms with Crippen LogP contribution in [0.3, 0.4) is 0 Å². The Balaban J connectivity index is 3.15. The summed E-state index contributed by atoms with van der Waals surface area (Å²) in [5.74, 6) is -0.304. The van der Waals surface area contributed by atoms with Gasteiger partial charge in [0.15, 0.2) is 5.82 Å². The molecule has 1 aromatic heterocycles. The fourth-order valence-corrected chi connectivity index (χ4v) is 2.26. The molecule has 0 saturated carbocycles. The molecule has 0 unspecified atom stereocenters. The van der Waals surface area contributed by atoms with E-state index >= 15 is 0 Å². The van der Waals surface area contributed by atoms with Gasteiger partial charge in [0.1, 0.15) is 0 Å². The van der Waals surface area contributed by atoms with Gasteiger partial charge in [-0.05, 0) is 5.41 Å². The molecular formula is C8H10ClFS. The molecule has 0 saturated heterocycles. The molecule has 0 N–H and O–H groups in total. The van der Waals surface area contributed by atoms with Gasteiger partial charge in [-0.3, -0.25) is 0 Å². The standard InChI is InChI=1S/C8H10ClFS/c1-8(2,3)7-6(9)5(10)4-11-7/h4H,1-3H3. The first-order chi connectivity index (χ1) is 4.93. The molecule has 0 nitrogen and oxygen atoms in total. The van der Waals surface area contributed by atoms with Crippen LogP contribution in [0.1, 0.15) is 25.6 Å². The van der Waals surface area contributed by atoms with E-state index in [4.69, 9.17) is 11.6 Å². The predicted octanol–water partition coefficient (Wildman–Crippen LogP) is 3.84. The number of rotatable bonds is 0.